The summed E-state index contributed by atoms with van der Waals surface area (Å²) in [6, 6.07) is 4.25. The van der Waals surface area contributed by atoms with Gasteiger partial charge in [-0.25, -0.2) is 32.2 Å². The number of fused-ring (bicyclic) bond motifs is 1. The largest absolute Gasteiger partial charge is 0.389 e. The molecule has 2 amide bonds. The van der Waals surface area contributed by atoms with Gasteiger partial charge in [-0.3, -0.25) is 9.59 Å². The number of halogens is 7. The van der Waals surface area contributed by atoms with Gasteiger partial charge in [0.05, 0.1) is 29.4 Å². The molecule has 4 N–H and O–H groups in total. The third-order valence-corrected chi connectivity index (χ3v) is 7.32. The van der Waals surface area contributed by atoms with E-state index in [9.17, 15) is 40.3 Å². The molecule has 0 radical (unpaired) electrons. The molecular formula is C26H30F7N7O2. The molecule has 0 aliphatic heterocycles. The van der Waals surface area contributed by atoms with Crippen LogP contribution in [-0.4, -0.2) is 55.1 Å². The minimum Gasteiger partial charge on any atom is -0.363 e. The first-order chi connectivity index (χ1) is 19.6. The van der Waals surface area contributed by atoms with Crippen molar-refractivity contribution in [2.45, 2.75) is 88.9 Å². The Kier molecular flexibility index (Phi) is 9.11. The summed E-state index contributed by atoms with van der Waals surface area (Å²) < 4.78 is 92.7. The molecule has 0 unspecified atom stereocenters. The van der Waals surface area contributed by atoms with Crippen molar-refractivity contribution in [1.29, 1.82) is 0 Å². The first kappa shape index (κ1) is 31.2. The number of rotatable bonds is 11. The SMILES string of the molecule is C[C@@H](NC(=O)CCC(F)(F)F)c1ccc2nc([C@@H](c3nc(C(N)=O)nn3CCC(F)F)C3CCC(F)(F)CC3)[nH]c2c1. The van der Waals surface area contributed by atoms with Crippen LogP contribution in [-0.2, 0) is 11.3 Å². The Morgan fingerprint density at radius 1 is 1.19 bits per heavy atom. The zero-order valence-corrected chi connectivity index (χ0v) is 22.5. The quantitative estimate of drug-likeness (QED) is 0.253. The van der Waals surface area contributed by atoms with Gasteiger partial charge in [-0.15, -0.1) is 5.10 Å². The number of imidazole rings is 1. The van der Waals surface area contributed by atoms with Crippen molar-refractivity contribution in [3.8, 4) is 0 Å². The van der Waals surface area contributed by atoms with Crippen molar-refractivity contribution >= 4 is 22.8 Å². The zero-order valence-electron chi connectivity index (χ0n) is 22.5. The Bertz CT molecular complexity index is 1410. The predicted octanol–water partition coefficient (Wildman–Crippen LogP) is 5.39. The van der Waals surface area contributed by atoms with Crippen LogP contribution in [0.15, 0.2) is 18.2 Å². The van der Waals surface area contributed by atoms with E-state index in [2.05, 4.69) is 25.4 Å². The van der Waals surface area contributed by atoms with E-state index in [4.69, 9.17) is 5.73 Å². The molecule has 1 aliphatic rings. The second kappa shape index (κ2) is 12.3. The van der Waals surface area contributed by atoms with Gasteiger partial charge in [0.2, 0.25) is 24.1 Å². The highest BCUT2D eigenvalue weighted by atomic mass is 19.4. The predicted molar refractivity (Wildman–Crippen MR) is 136 cm³/mol. The minimum atomic E-state index is -4.46. The average Bonchev–Trinajstić information content (AvgIpc) is 3.51. The molecule has 0 saturated heterocycles. The maximum Gasteiger partial charge on any atom is 0.389 e. The van der Waals surface area contributed by atoms with E-state index in [0.29, 0.717) is 16.6 Å². The van der Waals surface area contributed by atoms with Gasteiger partial charge in [-0.2, -0.15) is 13.2 Å². The molecule has 2 aromatic heterocycles. The van der Waals surface area contributed by atoms with E-state index in [1.807, 2.05) is 0 Å². The number of alkyl halides is 7. The number of aryl methyl sites for hydroxylation is 1. The zero-order chi connectivity index (χ0) is 30.8. The average molecular weight is 606 g/mol. The number of carbonyl (C=O) groups is 2. The number of nitrogens with one attached hydrogen (secondary N) is 2. The molecule has 3 aromatic rings. The number of aromatic nitrogens is 5. The van der Waals surface area contributed by atoms with Crippen molar-refractivity contribution < 1.29 is 40.3 Å². The number of nitrogens with two attached hydrogens (primary N) is 1. The van der Waals surface area contributed by atoms with Gasteiger partial charge in [-0.05, 0) is 43.4 Å². The van der Waals surface area contributed by atoms with Crippen LogP contribution in [0, 0.1) is 5.92 Å². The van der Waals surface area contributed by atoms with Crippen LogP contribution in [0.2, 0.25) is 0 Å². The van der Waals surface area contributed by atoms with Gasteiger partial charge in [0, 0.05) is 32.2 Å². The van der Waals surface area contributed by atoms with Crippen LogP contribution in [0.25, 0.3) is 11.0 Å². The highest BCUT2D eigenvalue weighted by Crippen LogP contribution is 2.44. The molecule has 2 atom stereocenters. The highest BCUT2D eigenvalue weighted by molar-refractivity contribution is 5.88. The number of H-pyrrole nitrogens is 1. The molecule has 2 heterocycles. The Morgan fingerprint density at radius 2 is 1.88 bits per heavy atom. The summed E-state index contributed by atoms with van der Waals surface area (Å²) in [7, 11) is 0. The summed E-state index contributed by atoms with van der Waals surface area (Å²) in [4.78, 5) is 35.8. The van der Waals surface area contributed by atoms with Crippen molar-refractivity contribution in [1.82, 2.24) is 30.0 Å². The standard InChI is InChI=1S/C26H30F7N7O2/c1-13(35-19(41)6-10-26(31,32)33)15-2-3-16-17(12-15)37-22(36-16)20(14-4-8-25(29,30)9-5-14)24-38-23(21(34)42)39-40(24)11-7-18(27)28/h2-3,12-14,18,20H,4-11H2,1H3,(H2,34,42)(H,35,41)(H,36,37)/t13-,20+/m1/s1. The molecule has 16 heteroatoms. The lowest BCUT2D eigenvalue weighted by Crippen LogP contribution is -2.30. The number of hydrogen-bond donors (Lipinski definition) is 3. The second-order valence-corrected chi connectivity index (χ2v) is 10.5. The van der Waals surface area contributed by atoms with Crippen LogP contribution < -0.4 is 11.1 Å². The number of benzene rings is 1. The first-order valence-electron chi connectivity index (χ1n) is 13.4. The van der Waals surface area contributed by atoms with Gasteiger partial charge in [0.1, 0.15) is 11.6 Å². The van der Waals surface area contributed by atoms with Gasteiger partial charge in [0.25, 0.3) is 5.91 Å². The van der Waals surface area contributed by atoms with Crippen molar-refractivity contribution in [2.24, 2.45) is 11.7 Å². The van der Waals surface area contributed by atoms with E-state index in [0.717, 1.165) is 4.68 Å². The lowest BCUT2D eigenvalue weighted by molar-refractivity contribution is -0.144. The van der Waals surface area contributed by atoms with Crippen molar-refractivity contribution in [2.75, 3.05) is 0 Å². The number of carbonyl (C=O) groups excluding carboxylic acids is 2. The molecule has 0 bridgehead atoms. The van der Waals surface area contributed by atoms with Gasteiger partial charge in [0.15, 0.2) is 0 Å². The van der Waals surface area contributed by atoms with Crippen molar-refractivity contribution in [3.05, 3.63) is 41.2 Å². The van der Waals surface area contributed by atoms with Gasteiger partial charge < -0.3 is 16.0 Å². The van der Waals surface area contributed by atoms with E-state index >= 15 is 0 Å². The third-order valence-electron chi connectivity index (χ3n) is 7.32. The Hall–Kier alpha value is -3.72. The first-order valence-corrected chi connectivity index (χ1v) is 13.4. The van der Waals surface area contributed by atoms with E-state index in [1.165, 1.54) is 0 Å². The molecule has 4 rings (SSSR count). The number of primary amides is 1. The van der Waals surface area contributed by atoms with Gasteiger partial charge >= 0.3 is 6.18 Å². The molecule has 9 nitrogen and oxygen atoms in total. The summed E-state index contributed by atoms with van der Waals surface area (Å²) in [5.74, 6) is -5.92. The molecule has 1 aromatic carbocycles. The number of nitrogens with zero attached hydrogens (tertiary/aromatic N) is 4. The van der Waals surface area contributed by atoms with Crippen LogP contribution in [0.3, 0.4) is 0 Å². The molecule has 0 spiro atoms. The summed E-state index contributed by atoms with van der Waals surface area (Å²) in [5, 5.41) is 6.52. The lowest BCUT2D eigenvalue weighted by Gasteiger charge is -2.32. The number of hydrogen-bond acceptors (Lipinski definition) is 5. The summed E-state index contributed by atoms with van der Waals surface area (Å²) >= 11 is 0. The molecular weight excluding hydrogens is 575 g/mol. The molecule has 1 fully saturated rings. The topological polar surface area (TPSA) is 132 Å². The fraction of sp³-hybridized carbons (Fsp3) is 0.577. The smallest absolute Gasteiger partial charge is 0.363 e. The van der Waals surface area contributed by atoms with E-state index in [-0.39, 0.29) is 31.0 Å². The summed E-state index contributed by atoms with van der Waals surface area (Å²) in [6.07, 6.45) is -10.4. The van der Waals surface area contributed by atoms with Crippen LogP contribution in [0.4, 0.5) is 30.7 Å². The summed E-state index contributed by atoms with van der Waals surface area (Å²) in [5.41, 5.74) is 6.83. The number of amides is 2. The lowest BCUT2D eigenvalue weighted by atomic mass is 9.77. The highest BCUT2D eigenvalue weighted by Gasteiger charge is 2.41. The molecule has 1 aliphatic carbocycles. The fourth-order valence-electron chi connectivity index (χ4n) is 5.14. The fourth-order valence-corrected chi connectivity index (χ4v) is 5.14. The third kappa shape index (κ3) is 7.76. The summed E-state index contributed by atoms with van der Waals surface area (Å²) in [6.45, 7) is 1.30. The molecule has 42 heavy (non-hydrogen) atoms. The minimum absolute atomic E-state index is 0.0641. The normalized spacial score (nSPS) is 17.5. The van der Waals surface area contributed by atoms with Crippen LogP contribution in [0.5, 0.6) is 0 Å². The monoisotopic (exact) mass is 605 g/mol. The van der Waals surface area contributed by atoms with Gasteiger partial charge in [-0.1, -0.05) is 6.07 Å². The Labute approximate surface area is 235 Å². The Balaban J connectivity index is 1.68. The van der Waals surface area contributed by atoms with Crippen LogP contribution in [0.1, 0.15) is 91.7 Å². The van der Waals surface area contributed by atoms with Crippen molar-refractivity contribution in [3.63, 3.8) is 0 Å². The maximum absolute atomic E-state index is 14.0. The second-order valence-electron chi connectivity index (χ2n) is 10.5. The van der Waals surface area contributed by atoms with E-state index < -0.39 is 86.1 Å². The number of aromatic amines is 1. The van der Waals surface area contributed by atoms with E-state index in [1.54, 1.807) is 25.1 Å². The molecule has 1 saturated carbocycles. The van der Waals surface area contributed by atoms with Crippen LogP contribution >= 0.6 is 0 Å². The maximum atomic E-state index is 14.0. The molecule has 230 valence electrons. The Morgan fingerprint density at radius 3 is 2.50 bits per heavy atom.